The summed E-state index contributed by atoms with van der Waals surface area (Å²) in [4.78, 5) is 0. The summed E-state index contributed by atoms with van der Waals surface area (Å²) in [5.74, 6) is 2.89. The Kier molecular flexibility index (Phi) is 4.84. The maximum atomic E-state index is 6.05. The molecule has 1 aliphatic heterocycles. The number of ether oxygens (including phenoxy) is 1. The van der Waals surface area contributed by atoms with Crippen molar-refractivity contribution in [1.29, 1.82) is 0 Å². The van der Waals surface area contributed by atoms with Crippen LogP contribution in [0.3, 0.4) is 0 Å². The van der Waals surface area contributed by atoms with Gasteiger partial charge in [0, 0.05) is 11.6 Å². The number of para-hydroxylation sites is 1. The third kappa shape index (κ3) is 3.11. The molecule has 0 spiro atoms. The van der Waals surface area contributed by atoms with Gasteiger partial charge in [-0.3, -0.25) is 0 Å². The fourth-order valence-corrected chi connectivity index (χ4v) is 4.20. The van der Waals surface area contributed by atoms with E-state index in [4.69, 9.17) is 4.74 Å². The Morgan fingerprint density at radius 2 is 2.19 bits per heavy atom. The lowest BCUT2D eigenvalue weighted by Gasteiger charge is -2.29. The molecule has 2 aliphatic rings. The van der Waals surface area contributed by atoms with Gasteiger partial charge in [0.15, 0.2) is 0 Å². The largest absolute Gasteiger partial charge is 0.493 e. The minimum atomic E-state index is 0.472. The Bertz CT molecular complexity index is 471. The fourth-order valence-electron chi connectivity index (χ4n) is 4.20. The van der Waals surface area contributed by atoms with Crippen LogP contribution >= 0.6 is 0 Å². The van der Waals surface area contributed by atoms with Crippen molar-refractivity contribution in [3.63, 3.8) is 0 Å². The average Bonchev–Trinajstić information content (AvgIpc) is 3.01. The second kappa shape index (κ2) is 6.83. The van der Waals surface area contributed by atoms with Crippen LogP contribution in [0.5, 0.6) is 5.75 Å². The van der Waals surface area contributed by atoms with Crippen LogP contribution in [0.2, 0.25) is 0 Å². The fraction of sp³-hybridized carbons (Fsp3) is 0.684. The number of nitrogens with one attached hydrogen (secondary N) is 1. The van der Waals surface area contributed by atoms with Crippen molar-refractivity contribution >= 4 is 0 Å². The molecule has 3 rings (SSSR count). The van der Waals surface area contributed by atoms with Crippen molar-refractivity contribution in [3.8, 4) is 5.75 Å². The van der Waals surface area contributed by atoms with Crippen LogP contribution in [-0.4, -0.2) is 13.2 Å². The molecule has 3 atom stereocenters. The van der Waals surface area contributed by atoms with Crippen LogP contribution in [0.15, 0.2) is 18.2 Å². The third-order valence-electron chi connectivity index (χ3n) is 5.35. The van der Waals surface area contributed by atoms with Crippen molar-refractivity contribution in [2.24, 2.45) is 11.8 Å². The van der Waals surface area contributed by atoms with Crippen LogP contribution in [0.25, 0.3) is 0 Å². The molecule has 1 aliphatic carbocycles. The van der Waals surface area contributed by atoms with Crippen LogP contribution in [-0.2, 0) is 6.42 Å². The summed E-state index contributed by atoms with van der Waals surface area (Å²) in [5, 5.41) is 3.76. The summed E-state index contributed by atoms with van der Waals surface area (Å²) in [6, 6.07) is 7.22. The molecule has 1 heterocycles. The Balaban J connectivity index is 1.87. The Labute approximate surface area is 129 Å². The number of benzene rings is 1. The normalized spacial score (nSPS) is 26.2. The lowest BCUT2D eigenvalue weighted by Crippen LogP contribution is -2.28. The Hall–Kier alpha value is -1.02. The molecule has 1 aromatic rings. The molecule has 116 valence electrons. The van der Waals surface area contributed by atoms with Gasteiger partial charge in [-0.1, -0.05) is 44.9 Å². The summed E-state index contributed by atoms with van der Waals surface area (Å²) in [6.45, 7) is 6.46. The van der Waals surface area contributed by atoms with E-state index < -0.39 is 0 Å². The maximum absolute atomic E-state index is 6.05. The predicted molar refractivity (Wildman–Crippen MR) is 87.8 cm³/mol. The first-order chi connectivity index (χ1) is 10.3. The SMILES string of the molecule is CCNC(c1cccc2c1OCCC2)C1CCC(CC)C1. The van der Waals surface area contributed by atoms with Crippen LogP contribution in [0.4, 0.5) is 0 Å². The minimum Gasteiger partial charge on any atom is -0.493 e. The van der Waals surface area contributed by atoms with E-state index in [1.54, 1.807) is 0 Å². The van der Waals surface area contributed by atoms with Crippen molar-refractivity contribution < 1.29 is 4.74 Å². The third-order valence-corrected chi connectivity index (χ3v) is 5.35. The topological polar surface area (TPSA) is 21.3 Å². The van der Waals surface area contributed by atoms with Gasteiger partial charge in [-0.05, 0) is 49.6 Å². The minimum absolute atomic E-state index is 0.472. The summed E-state index contributed by atoms with van der Waals surface area (Å²) < 4.78 is 6.05. The second-order valence-electron chi connectivity index (χ2n) is 6.67. The Morgan fingerprint density at radius 1 is 1.29 bits per heavy atom. The Morgan fingerprint density at radius 3 is 2.95 bits per heavy atom. The van der Waals surface area contributed by atoms with E-state index in [2.05, 4.69) is 37.4 Å². The van der Waals surface area contributed by atoms with Crippen molar-refractivity contribution in [2.75, 3.05) is 13.2 Å². The molecule has 0 amide bonds. The van der Waals surface area contributed by atoms with E-state index in [1.165, 1.54) is 49.0 Å². The number of hydrogen-bond acceptors (Lipinski definition) is 2. The quantitative estimate of drug-likeness (QED) is 0.861. The van der Waals surface area contributed by atoms with Crippen LogP contribution < -0.4 is 10.1 Å². The standard InChI is InChI=1S/C19H29NO/c1-3-14-10-11-16(13-14)18(20-4-2)17-9-5-7-15-8-6-12-21-19(15)17/h5,7,9,14,16,18,20H,3-4,6,8,10-13H2,1-2H3. The van der Waals surface area contributed by atoms with Gasteiger partial charge in [-0.2, -0.15) is 0 Å². The van der Waals surface area contributed by atoms with Crippen molar-refractivity contribution in [2.45, 2.75) is 58.4 Å². The summed E-state index contributed by atoms with van der Waals surface area (Å²) in [7, 11) is 0. The van der Waals surface area contributed by atoms with E-state index in [1.807, 2.05) is 0 Å². The molecular weight excluding hydrogens is 258 g/mol. The van der Waals surface area contributed by atoms with E-state index in [0.717, 1.165) is 31.4 Å². The zero-order valence-corrected chi connectivity index (χ0v) is 13.5. The molecule has 21 heavy (non-hydrogen) atoms. The number of hydrogen-bond donors (Lipinski definition) is 1. The first-order valence-corrected chi connectivity index (χ1v) is 8.81. The lowest BCUT2D eigenvalue weighted by molar-refractivity contribution is 0.273. The average molecular weight is 287 g/mol. The number of fused-ring (bicyclic) bond motifs is 1. The first-order valence-electron chi connectivity index (χ1n) is 8.81. The summed E-state index contributed by atoms with van der Waals surface area (Å²) >= 11 is 0. The van der Waals surface area contributed by atoms with Gasteiger partial charge in [-0.25, -0.2) is 0 Å². The molecule has 0 radical (unpaired) electrons. The summed E-state index contributed by atoms with van der Waals surface area (Å²) in [5.41, 5.74) is 2.82. The van der Waals surface area contributed by atoms with Gasteiger partial charge >= 0.3 is 0 Å². The first kappa shape index (κ1) is 14.9. The monoisotopic (exact) mass is 287 g/mol. The molecule has 1 fully saturated rings. The highest BCUT2D eigenvalue weighted by atomic mass is 16.5. The highest BCUT2D eigenvalue weighted by molar-refractivity contribution is 5.44. The van der Waals surface area contributed by atoms with Crippen LogP contribution in [0.1, 0.15) is 63.1 Å². The molecule has 0 saturated heterocycles. The smallest absolute Gasteiger partial charge is 0.127 e. The number of rotatable bonds is 5. The number of aryl methyl sites for hydroxylation is 1. The molecule has 1 saturated carbocycles. The van der Waals surface area contributed by atoms with Crippen LogP contribution in [0, 0.1) is 11.8 Å². The van der Waals surface area contributed by atoms with Gasteiger partial charge in [0.1, 0.15) is 5.75 Å². The van der Waals surface area contributed by atoms with E-state index in [9.17, 15) is 0 Å². The zero-order chi connectivity index (χ0) is 14.7. The molecule has 1 N–H and O–H groups in total. The molecule has 3 unspecified atom stereocenters. The highest BCUT2D eigenvalue weighted by Crippen LogP contribution is 2.44. The van der Waals surface area contributed by atoms with Gasteiger partial charge in [0.2, 0.25) is 0 Å². The van der Waals surface area contributed by atoms with E-state index in [-0.39, 0.29) is 0 Å². The molecular formula is C19H29NO. The van der Waals surface area contributed by atoms with Gasteiger partial charge in [-0.15, -0.1) is 0 Å². The van der Waals surface area contributed by atoms with E-state index >= 15 is 0 Å². The van der Waals surface area contributed by atoms with Gasteiger partial charge in [0.25, 0.3) is 0 Å². The molecule has 0 aromatic heterocycles. The molecule has 2 heteroatoms. The highest BCUT2D eigenvalue weighted by Gasteiger charge is 2.32. The summed E-state index contributed by atoms with van der Waals surface area (Å²) in [6.07, 6.45) is 7.79. The molecule has 1 aromatic carbocycles. The van der Waals surface area contributed by atoms with Gasteiger partial charge < -0.3 is 10.1 Å². The van der Waals surface area contributed by atoms with Gasteiger partial charge in [0.05, 0.1) is 6.61 Å². The van der Waals surface area contributed by atoms with Crippen molar-refractivity contribution in [3.05, 3.63) is 29.3 Å². The zero-order valence-electron chi connectivity index (χ0n) is 13.5. The lowest BCUT2D eigenvalue weighted by atomic mass is 9.88. The molecule has 2 nitrogen and oxygen atoms in total. The predicted octanol–water partition coefficient (Wildman–Crippen LogP) is 4.49. The van der Waals surface area contributed by atoms with Crippen molar-refractivity contribution in [1.82, 2.24) is 5.32 Å². The molecule has 0 bridgehead atoms. The second-order valence-corrected chi connectivity index (χ2v) is 6.67. The van der Waals surface area contributed by atoms with E-state index in [0.29, 0.717) is 6.04 Å². The maximum Gasteiger partial charge on any atom is 0.127 e.